The van der Waals surface area contributed by atoms with E-state index in [-0.39, 0.29) is 5.75 Å². The highest BCUT2D eigenvalue weighted by Gasteiger charge is 2.09. The molecule has 0 atom stereocenters. The molecule has 0 saturated carbocycles. The van der Waals surface area contributed by atoms with Crippen molar-refractivity contribution < 1.29 is 18.0 Å². The van der Waals surface area contributed by atoms with Gasteiger partial charge in [0, 0.05) is 27.6 Å². The lowest BCUT2D eigenvalue weighted by Gasteiger charge is -2.21. The topological polar surface area (TPSA) is 75.8 Å². The summed E-state index contributed by atoms with van der Waals surface area (Å²) in [5.41, 5.74) is 0.928. The van der Waals surface area contributed by atoms with Crippen LogP contribution in [0, 0.1) is 6.92 Å². The molecule has 0 fully saturated rings. The fourth-order valence-corrected chi connectivity index (χ4v) is 2.08. The summed E-state index contributed by atoms with van der Waals surface area (Å²) in [6, 6.07) is 6.47. The Morgan fingerprint density at radius 3 is 2.62 bits per heavy atom. The molecule has 130 valence electrons. The highest BCUT2D eigenvalue weighted by molar-refractivity contribution is 5.79. The molecule has 7 nitrogen and oxygen atoms in total. The Kier molecular flexibility index (Phi) is 6.05. The minimum absolute atomic E-state index is 0.131. The predicted molar refractivity (Wildman–Crippen MR) is 83.8 cm³/mol. The molecule has 0 saturated heterocycles. The van der Waals surface area contributed by atoms with Crippen molar-refractivity contribution in [2.24, 2.45) is 4.99 Å². The number of alkyl halides is 2. The second kappa shape index (κ2) is 8.23. The quantitative estimate of drug-likeness (QED) is 0.642. The van der Waals surface area contributed by atoms with E-state index in [0.717, 1.165) is 5.56 Å². The average molecular weight is 339 g/mol. The Balaban J connectivity index is 1.90. The van der Waals surface area contributed by atoms with Crippen LogP contribution < -0.4 is 10.1 Å². The smallest absolute Gasteiger partial charge is 0.387 e. The summed E-state index contributed by atoms with van der Waals surface area (Å²) in [5, 5.41) is 6.92. The fraction of sp³-hybridized carbons (Fsp3) is 0.400. The molecule has 1 heterocycles. The summed E-state index contributed by atoms with van der Waals surface area (Å²) in [7, 11) is 3.53. The molecule has 0 bridgehead atoms. The van der Waals surface area contributed by atoms with Gasteiger partial charge in [-0.2, -0.15) is 13.8 Å². The van der Waals surface area contributed by atoms with Crippen LogP contribution in [0.2, 0.25) is 0 Å². The number of rotatable bonds is 6. The molecule has 2 rings (SSSR count). The van der Waals surface area contributed by atoms with Gasteiger partial charge in [-0.15, -0.1) is 0 Å². The second-order valence-corrected chi connectivity index (χ2v) is 5.01. The summed E-state index contributed by atoms with van der Waals surface area (Å²) >= 11 is 0. The van der Waals surface area contributed by atoms with Gasteiger partial charge in [0.05, 0.1) is 6.54 Å². The second-order valence-electron chi connectivity index (χ2n) is 5.01. The average Bonchev–Trinajstić information content (AvgIpc) is 2.95. The van der Waals surface area contributed by atoms with Crippen molar-refractivity contribution in [2.75, 3.05) is 14.1 Å². The molecule has 0 spiro atoms. The molecule has 1 N–H and O–H groups in total. The molecule has 9 heteroatoms. The van der Waals surface area contributed by atoms with Gasteiger partial charge in [-0.1, -0.05) is 17.3 Å². The maximum absolute atomic E-state index is 12.1. The lowest BCUT2D eigenvalue weighted by molar-refractivity contribution is -0.0498. The van der Waals surface area contributed by atoms with E-state index in [9.17, 15) is 8.78 Å². The number of aryl methyl sites for hydroxylation is 1. The minimum Gasteiger partial charge on any atom is -0.435 e. The number of nitrogens with zero attached hydrogens (tertiary/aromatic N) is 4. The van der Waals surface area contributed by atoms with Crippen molar-refractivity contribution in [3.8, 4) is 5.75 Å². The molecule has 2 aromatic rings. The molecule has 0 aliphatic rings. The van der Waals surface area contributed by atoms with Crippen molar-refractivity contribution in [3.05, 3.63) is 41.5 Å². The Morgan fingerprint density at radius 1 is 1.38 bits per heavy atom. The van der Waals surface area contributed by atoms with Crippen LogP contribution in [-0.4, -0.2) is 41.7 Å². The van der Waals surface area contributed by atoms with E-state index < -0.39 is 6.61 Å². The summed E-state index contributed by atoms with van der Waals surface area (Å²) in [6.07, 6.45) is 0. The van der Waals surface area contributed by atoms with Gasteiger partial charge in [-0.25, -0.2) is 0 Å². The Labute approximate surface area is 138 Å². The van der Waals surface area contributed by atoms with Gasteiger partial charge in [0.25, 0.3) is 0 Å². The van der Waals surface area contributed by atoms with E-state index in [1.54, 1.807) is 26.1 Å². The largest absolute Gasteiger partial charge is 0.435 e. The maximum Gasteiger partial charge on any atom is 0.387 e. The van der Waals surface area contributed by atoms with Gasteiger partial charge >= 0.3 is 6.61 Å². The van der Waals surface area contributed by atoms with Gasteiger partial charge in [-0.05, 0) is 17.7 Å². The van der Waals surface area contributed by atoms with Gasteiger partial charge in [-0.3, -0.25) is 4.99 Å². The zero-order chi connectivity index (χ0) is 17.5. The van der Waals surface area contributed by atoms with Gasteiger partial charge < -0.3 is 19.5 Å². The van der Waals surface area contributed by atoms with Crippen LogP contribution >= 0.6 is 0 Å². The first-order valence-electron chi connectivity index (χ1n) is 7.22. The van der Waals surface area contributed by atoms with Crippen LogP contribution in [0.5, 0.6) is 5.75 Å². The van der Waals surface area contributed by atoms with Gasteiger partial charge in [0.2, 0.25) is 5.89 Å². The number of halogens is 2. The number of ether oxygens (including phenoxy) is 1. The lowest BCUT2D eigenvalue weighted by Crippen LogP contribution is -2.38. The van der Waals surface area contributed by atoms with Crippen LogP contribution in [0.25, 0.3) is 0 Å². The highest BCUT2D eigenvalue weighted by atomic mass is 19.3. The molecule has 0 aliphatic heterocycles. The third-order valence-corrected chi connectivity index (χ3v) is 3.12. The van der Waals surface area contributed by atoms with Crippen LogP contribution in [0.1, 0.15) is 17.3 Å². The number of guanidine groups is 1. The van der Waals surface area contributed by atoms with Gasteiger partial charge in [0.15, 0.2) is 11.8 Å². The molecular formula is C15H19F2N5O2. The van der Waals surface area contributed by atoms with E-state index in [0.29, 0.717) is 30.8 Å². The number of benzene rings is 1. The van der Waals surface area contributed by atoms with Crippen LogP contribution in [0.4, 0.5) is 8.78 Å². The molecule has 0 amide bonds. The zero-order valence-corrected chi connectivity index (χ0v) is 13.7. The third-order valence-electron chi connectivity index (χ3n) is 3.12. The van der Waals surface area contributed by atoms with E-state index in [1.165, 1.54) is 12.1 Å². The van der Waals surface area contributed by atoms with E-state index in [4.69, 9.17) is 4.52 Å². The number of hydrogen-bond acceptors (Lipinski definition) is 5. The SMILES string of the molecule is CN=C(NCc1noc(C)n1)N(C)Cc1ccc(OC(F)F)cc1. The van der Waals surface area contributed by atoms with Crippen molar-refractivity contribution in [2.45, 2.75) is 26.6 Å². The first kappa shape index (κ1) is 17.6. The molecule has 1 aromatic carbocycles. The summed E-state index contributed by atoms with van der Waals surface area (Å²) in [6.45, 7) is -0.177. The Bertz CT molecular complexity index is 673. The Hall–Kier alpha value is -2.71. The number of nitrogens with one attached hydrogen (secondary N) is 1. The molecular weight excluding hydrogens is 320 g/mol. The van der Waals surface area contributed by atoms with Crippen molar-refractivity contribution in [3.63, 3.8) is 0 Å². The van der Waals surface area contributed by atoms with Gasteiger partial charge in [0.1, 0.15) is 5.75 Å². The molecule has 24 heavy (non-hydrogen) atoms. The summed E-state index contributed by atoms with van der Waals surface area (Å²) < 4.78 is 33.5. The maximum atomic E-state index is 12.1. The summed E-state index contributed by atoms with van der Waals surface area (Å²) in [4.78, 5) is 10.2. The van der Waals surface area contributed by atoms with Crippen LogP contribution in [0.15, 0.2) is 33.8 Å². The normalized spacial score (nSPS) is 11.7. The van der Waals surface area contributed by atoms with E-state index >= 15 is 0 Å². The monoisotopic (exact) mass is 339 g/mol. The lowest BCUT2D eigenvalue weighted by atomic mass is 10.2. The molecule has 0 unspecified atom stereocenters. The van der Waals surface area contributed by atoms with Crippen molar-refractivity contribution >= 4 is 5.96 Å². The van der Waals surface area contributed by atoms with Crippen molar-refractivity contribution in [1.82, 2.24) is 20.4 Å². The standard InChI is InChI=1S/C15H19F2N5O2/c1-10-20-13(21-24-10)8-19-15(18-2)22(3)9-11-4-6-12(7-5-11)23-14(16)17/h4-7,14H,8-9H2,1-3H3,(H,18,19). The van der Waals surface area contributed by atoms with Crippen LogP contribution in [0.3, 0.4) is 0 Å². The predicted octanol–water partition coefficient (Wildman–Crippen LogP) is 2.19. The van der Waals surface area contributed by atoms with Crippen molar-refractivity contribution in [1.29, 1.82) is 0 Å². The number of aromatic nitrogens is 2. The van der Waals surface area contributed by atoms with E-state index in [1.807, 2.05) is 11.9 Å². The molecule has 0 aliphatic carbocycles. The molecule has 1 aromatic heterocycles. The minimum atomic E-state index is -2.82. The first-order valence-corrected chi connectivity index (χ1v) is 7.22. The number of hydrogen-bond donors (Lipinski definition) is 1. The summed E-state index contributed by atoms with van der Waals surface area (Å²) in [5.74, 6) is 1.81. The molecule has 0 radical (unpaired) electrons. The van der Waals surface area contributed by atoms with Crippen LogP contribution in [-0.2, 0) is 13.1 Å². The zero-order valence-electron chi connectivity index (χ0n) is 13.7. The van der Waals surface area contributed by atoms with E-state index in [2.05, 4.69) is 25.2 Å². The highest BCUT2D eigenvalue weighted by Crippen LogP contribution is 2.15. The first-order chi connectivity index (χ1) is 11.5. The fourth-order valence-electron chi connectivity index (χ4n) is 2.08. The third kappa shape index (κ3) is 5.18. The number of aliphatic imine (C=N–C) groups is 1. The Morgan fingerprint density at radius 2 is 2.08 bits per heavy atom.